The van der Waals surface area contributed by atoms with Crippen LogP contribution in [-0.4, -0.2) is 32.4 Å². The minimum absolute atomic E-state index is 0.0743. The zero-order chi connectivity index (χ0) is 22.1. The van der Waals surface area contributed by atoms with Crippen LogP contribution in [-0.2, 0) is 4.79 Å². The van der Waals surface area contributed by atoms with Crippen molar-refractivity contribution in [1.82, 2.24) is 0 Å². The standard InChI is InChI=1S/C21H19F3N2O4/c1-14-3-6-16(18(11-14)30-13-21(22,23)24)26-20(27)8-5-15-4-7-17(29-10-9-25)19(12-15)28-2/h3-8,11-12H,10,13H2,1-2H3,(H,26,27)/b8-5+. The Morgan fingerprint density at radius 2 is 1.90 bits per heavy atom. The van der Waals surface area contributed by atoms with Gasteiger partial charge in [-0.05, 0) is 48.4 Å². The van der Waals surface area contributed by atoms with Crippen LogP contribution in [0.5, 0.6) is 17.2 Å². The summed E-state index contributed by atoms with van der Waals surface area (Å²) < 4.78 is 52.6. The van der Waals surface area contributed by atoms with Gasteiger partial charge in [0, 0.05) is 6.08 Å². The minimum atomic E-state index is -4.49. The Morgan fingerprint density at radius 3 is 2.57 bits per heavy atom. The number of amides is 1. The highest BCUT2D eigenvalue weighted by atomic mass is 19.4. The zero-order valence-electron chi connectivity index (χ0n) is 16.2. The number of anilines is 1. The lowest BCUT2D eigenvalue weighted by Crippen LogP contribution is -2.20. The molecule has 30 heavy (non-hydrogen) atoms. The van der Waals surface area contributed by atoms with Crippen LogP contribution < -0.4 is 19.5 Å². The average Bonchev–Trinajstić information content (AvgIpc) is 2.70. The van der Waals surface area contributed by atoms with Gasteiger partial charge >= 0.3 is 6.18 Å². The van der Waals surface area contributed by atoms with Crippen molar-refractivity contribution in [3.05, 3.63) is 53.6 Å². The van der Waals surface area contributed by atoms with Crippen molar-refractivity contribution >= 4 is 17.7 Å². The van der Waals surface area contributed by atoms with E-state index in [1.165, 1.54) is 31.4 Å². The van der Waals surface area contributed by atoms with Crippen LogP contribution in [0.25, 0.3) is 6.08 Å². The Hall–Kier alpha value is -3.67. The van der Waals surface area contributed by atoms with E-state index in [0.717, 1.165) is 0 Å². The van der Waals surface area contributed by atoms with E-state index in [9.17, 15) is 18.0 Å². The Bertz CT molecular complexity index is 966. The van der Waals surface area contributed by atoms with Gasteiger partial charge < -0.3 is 19.5 Å². The lowest BCUT2D eigenvalue weighted by atomic mass is 10.2. The van der Waals surface area contributed by atoms with Gasteiger partial charge in [0.2, 0.25) is 5.91 Å². The summed E-state index contributed by atoms with van der Waals surface area (Å²) in [5, 5.41) is 11.1. The number of methoxy groups -OCH3 is 1. The maximum atomic E-state index is 12.4. The van der Waals surface area contributed by atoms with Crippen molar-refractivity contribution in [2.45, 2.75) is 13.1 Å². The fourth-order valence-electron chi connectivity index (χ4n) is 2.38. The number of halogens is 3. The van der Waals surface area contributed by atoms with Crippen LogP contribution in [0.2, 0.25) is 0 Å². The van der Waals surface area contributed by atoms with Crippen molar-refractivity contribution in [1.29, 1.82) is 5.26 Å². The molecule has 6 nitrogen and oxygen atoms in total. The van der Waals surface area contributed by atoms with Crippen LogP contribution in [0.1, 0.15) is 11.1 Å². The molecule has 0 unspecified atom stereocenters. The average molecular weight is 420 g/mol. The van der Waals surface area contributed by atoms with Crippen LogP contribution in [0.4, 0.5) is 18.9 Å². The third kappa shape index (κ3) is 7.05. The van der Waals surface area contributed by atoms with Crippen LogP contribution in [0.15, 0.2) is 42.5 Å². The first-order chi connectivity index (χ1) is 14.2. The van der Waals surface area contributed by atoms with Gasteiger partial charge in [0.25, 0.3) is 0 Å². The molecular weight excluding hydrogens is 401 g/mol. The van der Waals surface area contributed by atoms with Gasteiger partial charge in [-0.3, -0.25) is 4.79 Å². The number of carbonyl (C=O) groups excluding carboxylic acids is 1. The Labute approximate surface area is 171 Å². The Balaban J connectivity index is 2.10. The third-order valence-corrected chi connectivity index (χ3v) is 3.69. The second-order valence-corrected chi connectivity index (χ2v) is 6.08. The van der Waals surface area contributed by atoms with Gasteiger partial charge in [0.1, 0.15) is 11.8 Å². The van der Waals surface area contributed by atoms with E-state index in [0.29, 0.717) is 22.6 Å². The van der Waals surface area contributed by atoms with Crippen LogP contribution >= 0.6 is 0 Å². The molecule has 0 fully saturated rings. The van der Waals surface area contributed by atoms with E-state index in [1.54, 1.807) is 31.2 Å². The summed E-state index contributed by atoms with van der Waals surface area (Å²) in [5.41, 5.74) is 1.42. The molecule has 2 rings (SSSR count). The van der Waals surface area contributed by atoms with Crippen molar-refractivity contribution in [2.24, 2.45) is 0 Å². The maximum absolute atomic E-state index is 12.4. The quantitative estimate of drug-likeness (QED) is 0.636. The molecule has 0 saturated carbocycles. The number of alkyl halides is 3. The minimum Gasteiger partial charge on any atom is -0.493 e. The number of hydrogen-bond donors (Lipinski definition) is 1. The molecule has 1 N–H and O–H groups in total. The molecule has 0 aliphatic carbocycles. The van der Waals surface area contributed by atoms with Crippen LogP contribution in [0.3, 0.4) is 0 Å². The highest BCUT2D eigenvalue weighted by Crippen LogP contribution is 2.29. The number of hydrogen-bond acceptors (Lipinski definition) is 5. The first-order valence-corrected chi connectivity index (χ1v) is 8.69. The van der Waals surface area contributed by atoms with E-state index in [1.807, 2.05) is 6.07 Å². The molecule has 0 saturated heterocycles. The number of nitriles is 1. The number of carbonyl (C=O) groups is 1. The normalized spacial score (nSPS) is 11.1. The molecular formula is C21H19F3N2O4. The van der Waals surface area contributed by atoms with Crippen molar-refractivity contribution in [3.63, 3.8) is 0 Å². The predicted octanol–water partition coefficient (Wildman–Crippen LogP) is 4.50. The number of rotatable bonds is 8. The fraction of sp³-hybridized carbons (Fsp3) is 0.238. The smallest absolute Gasteiger partial charge is 0.422 e. The number of nitrogens with one attached hydrogen (secondary N) is 1. The second kappa shape index (κ2) is 10.2. The Kier molecular flexibility index (Phi) is 7.69. The van der Waals surface area contributed by atoms with Gasteiger partial charge in [-0.15, -0.1) is 0 Å². The molecule has 9 heteroatoms. The third-order valence-electron chi connectivity index (χ3n) is 3.69. The molecule has 2 aromatic carbocycles. The topological polar surface area (TPSA) is 80.6 Å². The highest BCUT2D eigenvalue weighted by molar-refractivity contribution is 6.02. The van der Waals surface area contributed by atoms with Crippen molar-refractivity contribution < 1.29 is 32.2 Å². The summed E-state index contributed by atoms with van der Waals surface area (Å²) in [6.07, 6.45) is -1.78. The number of nitrogens with zero attached hydrogens (tertiary/aromatic N) is 1. The maximum Gasteiger partial charge on any atom is 0.422 e. The summed E-state index contributed by atoms with van der Waals surface area (Å²) in [5.74, 6) is 0.134. The first-order valence-electron chi connectivity index (χ1n) is 8.69. The molecule has 158 valence electrons. The molecule has 0 atom stereocenters. The molecule has 0 spiro atoms. The molecule has 0 aromatic heterocycles. The largest absolute Gasteiger partial charge is 0.493 e. The number of ether oxygens (including phenoxy) is 3. The summed E-state index contributed by atoms with van der Waals surface area (Å²) in [6, 6.07) is 11.2. The van der Waals surface area contributed by atoms with E-state index in [-0.39, 0.29) is 18.0 Å². The SMILES string of the molecule is COc1cc(/C=C/C(=O)Nc2ccc(C)cc2OCC(F)(F)F)ccc1OCC#N. The lowest BCUT2D eigenvalue weighted by molar-refractivity contribution is -0.153. The van der Waals surface area contributed by atoms with Crippen molar-refractivity contribution in [3.8, 4) is 23.3 Å². The first kappa shape index (κ1) is 22.6. The summed E-state index contributed by atoms with van der Waals surface area (Å²) >= 11 is 0. The zero-order valence-corrected chi connectivity index (χ0v) is 16.2. The predicted molar refractivity (Wildman–Crippen MR) is 104 cm³/mol. The highest BCUT2D eigenvalue weighted by Gasteiger charge is 2.29. The summed E-state index contributed by atoms with van der Waals surface area (Å²) in [7, 11) is 1.44. The van der Waals surface area contributed by atoms with E-state index >= 15 is 0 Å². The van der Waals surface area contributed by atoms with Crippen molar-refractivity contribution in [2.75, 3.05) is 25.6 Å². The van der Waals surface area contributed by atoms with Gasteiger partial charge in [-0.1, -0.05) is 12.1 Å². The molecule has 0 bridgehead atoms. The molecule has 0 aliphatic rings. The van der Waals surface area contributed by atoms with Gasteiger partial charge in [-0.2, -0.15) is 18.4 Å². The summed E-state index contributed by atoms with van der Waals surface area (Å²) in [6.45, 7) is 0.0990. The molecule has 0 heterocycles. The number of aryl methyl sites for hydroxylation is 1. The van der Waals surface area contributed by atoms with E-state index < -0.39 is 18.7 Å². The van der Waals surface area contributed by atoms with Crippen LogP contribution in [0, 0.1) is 18.3 Å². The van der Waals surface area contributed by atoms with Gasteiger partial charge in [0.05, 0.1) is 12.8 Å². The molecule has 1 amide bonds. The van der Waals surface area contributed by atoms with Gasteiger partial charge in [-0.25, -0.2) is 0 Å². The molecule has 0 aliphatic heterocycles. The molecule has 2 aromatic rings. The fourth-order valence-corrected chi connectivity index (χ4v) is 2.38. The number of benzene rings is 2. The second-order valence-electron chi connectivity index (χ2n) is 6.08. The van der Waals surface area contributed by atoms with Gasteiger partial charge in [0.15, 0.2) is 24.7 Å². The van der Waals surface area contributed by atoms with E-state index in [2.05, 4.69) is 5.32 Å². The monoisotopic (exact) mass is 420 g/mol. The van der Waals surface area contributed by atoms with E-state index in [4.69, 9.17) is 19.5 Å². The lowest BCUT2D eigenvalue weighted by Gasteiger charge is -2.14. The molecule has 0 radical (unpaired) electrons. The Morgan fingerprint density at radius 1 is 1.13 bits per heavy atom. The summed E-state index contributed by atoms with van der Waals surface area (Å²) in [4.78, 5) is 12.2.